The molecule has 0 bridgehead atoms. The third kappa shape index (κ3) is 1.86. The van der Waals surface area contributed by atoms with E-state index in [0.717, 1.165) is 0 Å². The number of rotatable bonds is 4. The zero-order valence-corrected chi connectivity index (χ0v) is 13.2. The highest BCUT2D eigenvalue weighted by Crippen LogP contribution is 2.47. The standard InChI is InChI=1S/C15H20BN3S/c1-15(2,12-11(16)7-8-20-12)14-18-17-13(9-3-4-9)19(14)10-5-6-10/h7-10H,3-6,16H2,1-2H3. The van der Waals surface area contributed by atoms with Crippen molar-refractivity contribution >= 4 is 24.6 Å². The Kier molecular flexibility index (Phi) is 2.65. The molecule has 4 rings (SSSR count). The van der Waals surface area contributed by atoms with Crippen LogP contribution in [0.15, 0.2) is 11.4 Å². The molecule has 2 fully saturated rings. The van der Waals surface area contributed by atoms with Crippen molar-refractivity contribution in [2.75, 3.05) is 0 Å². The second-order valence-electron chi connectivity index (χ2n) is 6.81. The molecule has 0 unspecified atom stereocenters. The number of hydrogen-bond acceptors (Lipinski definition) is 3. The Hall–Kier alpha value is -1.10. The highest BCUT2D eigenvalue weighted by Gasteiger charge is 2.41. The van der Waals surface area contributed by atoms with E-state index < -0.39 is 0 Å². The number of thiophene rings is 1. The molecule has 2 aromatic rings. The van der Waals surface area contributed by atoms with E-state index in [1.54, 1.807) is 0 Å². The summed E-state index contributed by atoms with van der Waals surface area (Å²) in [7, 11) is 2.20. The Balaban J connectivity index is 1.83. The average Bonchev–Trinajstić information content (AvgIpc) is 3.34. The van der Waals surface area contributed by atoms with Gasteiger partial charge in [0.25, 0.3) is 0 Å². The van der Waals surface area contributed by atoms with Gasteiger partial charge in [-0.1, -0.05) is 11.5 Å². The van der Waals surface area contributed by atoms with Crippen LogP contribution in [-0.4, -0.2) is 22.6 Å². The van der Waals surface area contributed by atoms with Gasteiger partial charge in [0.15, 0.2) is 0 Å². The van der Waals surface area contributed by atoms with E-state index in [2.05, 4.69) is 47.9 Å². The maximum atomic E-state index is 4.63. The Bertz CT molecular complexity index is 650. The molecule has 2 saturated carbocycles. The summed E-state index contributed by atoms with van der Waals surface area (Å²) in [6.45, 7) is 4.59. The number of nitrogens with zero attached hydrogens (tertiary/aromatic N) is 3. The van der Waals surface area contributed by atoms with Crippen LogP contribution in [0.5, 0.6) is 0 Å². The van der Waals surface area contributed by atoms with E-state index in [1.807, 2.05) is 11.3 Å². The predicted octanol–water partition coefficient (Wildman–Crippen LogP) is 2.14. The Morgan fingerprint density at radius 1 is 1.25 bits per heavy atom. The van der Waals surface area contributed by atoms with E-state index in [4.69, 9.17) is 0 Å². The van der Waals surface area contributed by atoms with Crippen molar-refractivity contribution < 1.29 is 0 Å². The molecule has 0 atom stereocenters. The van der Waals surface area contributed by atoms with Gasteiger partial charge in [0.1, 0.15) is 19.5 Å². The van der Waals surface area contributed by atoms with E-state index in [1.165, 1.54) is 47.7 Å². The van der Waals surface area contributed by atoms with Gasteiger partial charge in [0.2, 0.25) is 0 Å². The molecule has 2 aliphatic carbocycles. The lowest BCUT2D eigenvalue weighted by atomic mass is 9.82. The monoisotopic (exact) mass is 285 g/mol. The zero-order valence-electron chi connectivity index (χ0n) is 12.4. The number of aromatic nitrogens is 3. The molecule has 0 saturated heterocycles. The van der Waals surface area contributed by atoms with E-state index in [0.29, 0.717) is 12.0 Å². The van der Waals surface area contributed by atoms with Crippen molar-refractivity contribution in [3.05, 3.63) is 28.0 Å². The first-order valence-corrected chi connectivity index (χ1v) is 8.47. The van der Waals surface area contributed by atoms with Crippen molar-refractivity contribution in [3.8, 4) is 0 Å². The van der Waals surface area contributed by atoms with Crippen LogP contribution < -0.4 is 5.46 Å². The molecule has 5 heteroatoms. The van der Waals surface area contributed by atoms with Gasteiger partial charge in [-0.15, -0.1) is 21.5 Å². The minimum Gasteiger partial charge on any atom is -0.311 e. The largest absolute Gasteiger partial charge is 0.311 e. The highest BCUT2D eigenvalue weighted by atomic mass is 32.1. The summed E-state index contributed by atoms with van der Waals surface area (Å²) >= 11 is 1.84. The van der Waals surface area contributed by atoms with Crippen molar-refractivity contribution in [2.24, 2.45) is 0 Å². The summed E-state index contributed by atoms with van der Waals surface area (Å²) in [5.74, 6) is 3.11. The van der Waals surface area contributed by atoms with Crippen LogP contribution in [0.2, 0.25) is 0 Å². The fourth-order valence-corrected chi connectivity index (χ4v) is 4.20. The molecule has 2 aromatic heterocycles. The van der Waals surface area contributed by atoms with Gasteiger partial charge in [-0.3, -0.25) is 0 Å². The lowest BCUT2D eigenvalue weighted by Gasteiger charge is -2.25. The molecule has 0 aliphatic heterocycles. The Morgan fingerprint density at radius 2 is 2.00 bits per heavy atom. The SMILES string of the molecule is Bc1ccsc1C(C)(C)c1nnc(C2CC2)n1C1CC1. The van der Waals surface area contributed by atoms with Gasteiger partial charge < -0.3 is 4.57 Å². The van der Waals surface area contributed by atoms with Crippen LogP contribution in [-0.2, 0) is 5.41 Å². The van der Waals surface area contributed by atoms with Gasteiger partial charge in [0, 0.05) is 16.8 Å². The van der Waals surface area contributed by atoms with Crippen molar-refractivity contribution in [2.45, 2.75) is 56.9 Å². The molecule has 3 nitrogen and oxygen atoms in total. The first kappa shape index (κ1) is 12.6. The molecule has 2 heterocycles. The summed E-state index contributed by atoms with van der Waals surface area (Å²) in [6.07, 6.45) is 5.18. The van der Waals surface area contributed by atoms with Crippen LogP contribution in [0.25, 0.3) is 0 Å². The molecule has 104 valence electrons. The quantitative estimate of drug-likeness (QED) is 0.806. The van der Waals surface area contributed by atoms with Gasteiger partial charge in [0.05, 0.1) is 5.41 Å². The third-order valence-corrected chi connectivity index (χ3v) is 5.91. The molecular weight excluding hydrogens is 265 g/mol. The molecule has 0 N–H and O–H groups in total. The summed E-state index contributed by atoms with van der Waals surface area (Å²) in [5.41, 5.74) is 1.33. The molecule has 0 spiro atoms. The molecule has 0 radical (unpaired) electrons. The second kappa shape index (κ2) is 4.20. The van der Waals surface area contributed by atoms with Gasteiger partial charge >= 0.3 is 0 Å². The smallest absolute Gasteiger partial charge is 0.144 e. The second-order valence-corrected chi connectivity index (χ2v) is 7.73. The average molecular weight is 285 g/mol. The highest BCUT2D eigenvalue weighted by molar-refractivity contribution is 7.11. The summed E-state index contributed by atoms with van der Waals surface area (Å²) in [6, 6.07) is 2.87. The van der Waals surface area contributed by atoms with E-state index in [-0.39, 0.29) is 5.41 Å². The van der Waals surface area contributed by atoms with Crippen LogP contribution in [0, 0.1) is 0 Å². The van der Waals surface area contributed by atoms with Gasteiger partial charge in [-0.25, -0.2) is 0 Å². The zero-order chi connectivity index (χ0) is 13.9. The lowest BCUT2D eigenvalue weighted by molar-refractivity contribution is 0.535. The van der Waals surface area contributed by atoms with Gasteiger partial charge in [-0.05, 0) is 44.9 Å². The summed E-state index contributed by atoms with van der Waals surface area (Å²) in [5, 5.41) is 11.4. The lowest BCUT2D eigenvalue weighted by Crippen LogP contribution is -2.28. The van der Waals surface area contributed by atoms with Crippen LogP contribution >= 0.6 is 11.3 Å². The third-order valence-electron chi connectivity index (χ3n) is 4.57. The molecule has 2 aliphatic rings. The van der Waals surface area contributed by atoms with Crippen LogP contribution in [0.4, 0.5) is 0 Å². The summed E-state index contributed by atoms with van der Waals surface area (Å²) < 4.78 is 2.48. The fraction of sp³-hybridized carbons (Fsp3) is 0.600. The van der Waals surface area contributed by atoms with Gasteiger partial charge in [-0.2, -0.15) is 0 Å². The minimum atomic E-state index is -0.0407. The molecule has 0 amide bonds. The van der Waals surface area contributed by atoms with Crippen molar-refractivity contribution in [3.63, 3.8) is 0 Å². The van der Waals surface area contributed by atoms with Crippen molar-refractivity contribution in [1.82, 2.24) is 14.8 Å². The van der Waals surface area contributed by atoms with E-state index >= 15 is 0 Å². The van der Waals surface area contributed by atoms with Crippen LogP contribution in [0.1, 0.15) is 68.0 Å². The normalized spacial score (nSPS) is 19.5. The Morgan fingerprint density at radius 3 is 2.55 bits per heavy atom. The first-order valence-electron chi connectivity index (χ1n) is 7.59. The van der Waals surface area contributed by atoms with Crippen molar-refractivity contribution in [1.29, 1.82) is 0 Å². The topological polar surface area (TPSA) is 30.7 Å². The fourth-order valence-electron chi connectivity index (χ4n) is 3.16. The van der Waals surface area contributed by atoms with E-state index in [9.17, 15) is 0 Å². The number of hydrogen-bond donors (Lipinski definition) is 0. The Labute approximate surface area is 124 Å². The maximum Gasteiger partial charge on any atom is 0.144 e. The maximum absolute atomic E-state index is 4.63. The molecular formula is C15H20BN3S. The first-order chi connectivity index (χ1) is 9.59. The molecule has 0 aromatic carbocycles. The summed E-state index contributed by atoms with van der Waals surface area (Å²) in [4.78, 5) is 1.43. The molecule has 20 heavy (non-hydrogen) atoms. The van der Waals surface area contributed by atoms with Crippen LogP contribution in [0.3, 0.4) is 0 Å². The predicted molar refractivity (Wildman–Crippen MR) is 84.9 cm³/mol. The minimum absolute atomic E-state index is 0.0407.